The molecule has 144 valence electrons. The number of hydrogen-bond acceptors (Lipinski definition) is 2. The van der Waals surface area contributed by atoms with Crippen LogP contribution < -0.4 is 0 Å². The van der Waals surface area contributed by atoms with Crippen LogP contribution in [0.2, 0.25) is 0 Å². The summed E-state index contributed by atoms with van der Waals surface area (Å²) in [4.78, 5) is 11.6. The van der Waals surface area contributed by atoms with Gasteiger partial charge in [-0.2, -0.15) is 0 Å². The molecule has 0 radical (unpaired) electrons. The standard InChI is InChI=1S/C22H44O2/c1-3-5-7-9-11-12-13-14-16-18-20-22(23)24-21-19-17-15-10-8-6-4-2/h3-21H2,1-2H3. The summed E-state index contributed by atoms with van der Waals surface area (Å²) in [5.41, 5.74) is 0. The smallest absolute Gasteiger partial charge is 0.305 e. The molecule has 2 nitrogen and oxygen atoms in total. The molecule has 0 aliphatic heterocycles. The van der Waals surface area contributed by atoms with Crippen LogP contribution >= 0.6 is 0 Å². The lowest BCUT2D eigenvalue weighted by molar-refractivity contribution is -0.143. The highest BCUT2D eigenvalue weighted by atomic mass is 16.5. The molecule has 0 aliphatic rings. The largest absolute Gasteiger partial charge is 0.466 e. The fourth-order valence-corrected chi connectivity index (χ4v) is 3.07. The van der Waals surface area contributed by atoms with Crippen molar-refractivity contribution in [3.63, 3.8) is 0 Å². The van der Waals surface area contributed by atoms with Gasteiger partial charge in [0.25, 0.3) is 0 Å². The Morgan fingerprint density at radius 2 is 0.917 bits per heavy atom. The monoisotopic (exact) mass is 340 g/mol. The van der Waals surface area contributed by atoms with Crippen molar-refractivity contribution >= 4 is 5.97 Å². The molecule has 0 amide bonds. The van der Waals surface area contributed by atoms with Gasteiger partial charge in [0.05, 0.1) is 6.61 Å². The van der Waals surface area contributed by atoms with E-state index in [1.165, 1.54) is 96.3 Å². The molecule has 0 spiro atoms. The number of carbonyl (C=O) groups excluding carboxylic acids is 1. The Balaban J connectivity index is 3.13. The summed E-state index contributed by atoms with van der Waals surface area (Å²) >= 11 is 0. The first kappa shape index (κ1) is 23.5. The van der Waals surface area contributed by atoms with Crippen LogP contribution in [0.5, 0.6) is 0 Å². The first-order valence-electron chi connectivity index (χ1n) is 11.0. The summed E-state index contributed by atoms with van der Waals surface area (Å²) in [6.07, 6.45) is 22.6. The Kier molecular flexibility index (Phi) is 20.1. The van der Waals surface area contributed by atoms with Crippen molar-refractivity contribution in [3.05, 3.63) is 0 Å². The van der Waals surface area contributed by atoms with E-state index >= 15 is 0 Å². The predicted octanol–water partition coefficient (Wildman–Crippen LogP) is 7.59. The average Bonchev–Trinajstić information content (AvgIpc) is 2.59. The van der Waals surface area contributed by atoms with Gasteiger partial charge in [0.15, 0.2) is 0 Å². The van der Waals surface area contributed by atoms with E-state index in [-0.39, 0.29) is 5.97 Å². The van der Waals surface area contributed by atoms with Crippen molar-refractivity contribution in [1.29, 1.82) is 0 Å². The minimum atomic E-state index is 0.0144. The maximum Gasteiger partial charge on any atom is 0.305 e. The van der Waals surface area contributed by atoms with Crippen molar-refractivity contribution < 1.29 is 9.53 Å². The van der Waals surface area contributed by atoms with Gasteiger partial charge in [0.1, 0.15) is 0 Å². The van der Waals surface area contributed by atoms with Gasteiger partial charge >= 0.3 is 5.97 Å². The molecular weight excluding hydrogens is 296 g/mol. The molecule has 0 N–H and O–H groups in total. The number of ether oxygens (including phenoxy) is 1. The maximum atomic E-state index is 11.6. The number of carbonyl (C=O) groups is 1. The first-order chi connectivity index (χ1) is 11.8. The second-order valence-electron chi connectivity index (χ2n) is 7.27. The molecule has 0 unspecified atom stereocenters. The van der Waals surface area contributed by atoms with E-state index in [4.69, 9.17) is 4.74 Å². The van der Waals surface area contributed by atoms with Crippen LogP contribution in [0.3, 0.4) is 0 Å². The quantitative estimate of drug-likeness (QED) is 0.179. The summed E-state index contributed by atoms with van der Waals surface area (Å²) in [7, 11) is 0. The van der Waals surface area contributed by atoms with Gasteiger partial charge in [-0.3, -0.25) is 4.79 Å². The van der Waals surface area contributed by atoms with Gasteiger partial charge in [-0.05, 0) is 12.8 Å². The first-order valence-corrected chi connectivity index (χ1v) is 11.0. The zero-order chi connectivity index (χ0) is 17.7. The molecule has 0 atom stereocenters. The van der Waals surface area contributed by atoms with Crippen LogP contribution in [0.1, 0.15) is 129 Å². The zero-order valence-electron chi connectivity index (χ0n) is 16.8. The zero-order valence-corrected chi connectivity index (χ0v) is 16.8. The Morgan fingerprint density at radius 1 is 0.542 bits per heavy atom. The summed E-state index contributed by atoms with van der Waals surface area (Å²) in [5, 5.41) is 0. The molecule has 2 heteroatoms. The Hall–Kier alpha value is -0.530. The minimum Gasteiger partial charge on any atom is -0.466 e. The lowest BCUT2D eigenvalue weighted by atomic mass is 10.1. The van der Waals surface area contributed by atoms with Crippen molar-refractivity contribution in [2.24, 2.45) is 0 Å². The molecule has 24 heavy (non-hydrogen) atoms. The van der Waals surface area contributed by atoms with Gasteiger partial charge in [0.2, 0.25) is 0 Å². The van der Waals surface area contributed by atoms with Gasteiger partial charge in [-0.1, -0.05) is 110 Å². The second-order valence-corrected chi connectivity index (χ2v) is 7.27. The molecule has 0 fully saturated rings. The lowest BCUT2D eigenvalue weighted by Crippen LogP contribution is -2.05. The van der Waals surface area contributed by atoms with Gasteiger partial charge < -0.3 is 4.74 Å². The molecule has 0 aromatic carbocycles. The Bertz CT molecular complexity index is 250. The molecule has 0 aliphatic carbocycles. The minimum absolute atomic E-state index is 0.0144. The Morgan fingerprint density at radius 3 is 1.38 bits per heavy atom. The van der Waals surface area contributed by atoms with Crippen molar-refractivity contribution in [2.45, 2.75) is 129 Å². The third kappa shape index (κ3) is 19.5. The molecule has 0 heterocycles. The number of rotatable bonds is 19. The molecule has 0 bridgehead atoms. The van der Waals surface area contributed by atoms with E-state index in [9.17, 15) is 4.79 Å². The second kappa shape index (κ2) is 20.5. The topological polar surface area (TPSA) is 26.3 Å². The van der Waals surface area contributed by atoms with E-state index in [1.54, 1.807) is 0 Å². The summed E-state index contributed by atoms with van der Waals surface area (Å²) in [6, 6.07) is 0. The average molecular weight is 341 g/mol. The summed E-state index contributed by atoms with van der Waals surface area (Å²) < 4.78 is 5.31. The summed E-state index contributed by atoms with van der Waals surface area (Å²) in [6.45, 7) is 5.14. The predicted molar refractivity (Wildman–Crippen MR) is 105 cm³/mol. The van der Waals surface area contributed by atoms with Crippen LogP contribution in [0.4, 0.5) is 0 Å². The van der Waals surface area contributed by atoms with Crippen molar-refractivity contribution in [1.82, 2.24) is 0 Å². The van der Waals surface area contributed by atoms with E-state index in [0.717, 1.165) is 12.8 Å². The highest BCUT2D eigenvalue weighted by Gasteiger charge is 2.02. The van der Waals surface area contributed by atoms with E-state index in [1.807, 2.05) is 0 Å². The van der Waals surface area contributed by atoms with E-state index in [0.29, 0.717) is 13.0 Å². The fourth-order valence-electron chi connectivity index (χ4n) is 3.07. The van der Waals surface area contributed by atoms with Crippen molar-refractivity contribution in [3.8, 4) is 0 Å². The van der Waals surface area contributed by atoms with Gasteiger partial charge in [-0.15, -0.1) is 0 Å². The fraction of sp³-hybridized carbons (Fsp3) is 0.955. The summed E-state index contributed by atoms with van der Waals surface area (Å²) in [5.74, 6) is 0.0144. The molecular formula is C22H44O2. The molecule has 0 rings (SSSR count). The number of hydrogen-bond donors (Lipinski definition) is 0. The van der Waals surface area contributed by atoms with E-state index in [2.05, 4.69) is 13.8 Å². The van der Waals surface area contributed by atoms with Crippen LogP contribution in [-0.2, 0) is 9.53 Å². The molecule has 0 aromatic heterocycles. The third-order valence-electron chi connectivity index (χ3n) is 4.75. The maximum absolute atomic E-state index is 11.6. The highest BCUT2D eigenvalue weighted by molar-refractivity contribution is 5.69. The third-order valence-corrected chi connectivity index (χ3v) is 4.75. The van der Waals surface area contributed by atoms with Gasteiger partial charge in [0, 0.05) is 6.42 Å². The van der Waals surface area contributed by atoms with Crippen LogP contribution in [0, 0.1) is 0 Å². The van der Waals surface area contributed by atoms with E-state index < -0.39 is 0 Å². The number of unbranched alkanes of at least 4 members (excludes halogenated alkanes) is 15. The van der Waals surface area contributed by atoms with Crippen molar-refractivity contribution in [2.75, 3.05) is 6.61 Å². The lowest BCUT2D eigenvalue weighted by Gasteiger charge is -2.05. The normalized spacial score (nSPS) is 10.9. The van der Waals surface area contributed by atoms with Crippen LogP contribution in [0.15, 0.2) is 0 Å². The van der Waals surface area contributed by atoms with Crippen LogP contribution in [-0.4, -0.2) is 12.6 Å². The number of esters is 1. The molecule has 0 aromatic rings. The molecule has 0 saturated heterocycles. The Labute approximate surface area is 152 Å². The van der Waals surface area contributed by atoms with Crippen LogP contribution in [0.25, 0.3) is 0 Å². The SMILES string of the molecule is CCCCCCCCCCCCC(=O)OCCCCCCCCC. The van der Waals surface area contributed by atoms with Gasteiger partial charge in [-0.25, -0.2) is 0 Å². The highest BCUT2D eigenvalue weighted by Crippen LogP contribution is 2.12. The molecule has 0 saturated carbocycles.